The summed E-state index contributed by atoms with van der Waals surface area (Å²) in [6.07, 6.45) is 3.21. The van der Waals surface area contributed by atoms with Gasteiger partial charge in [-0.1, -0.05) is 6.42 Å². The maximum Gasteiger partial charge on any atom is 0.222 e. The van der Waals surface area contributed by atoms with Crippen LogP contribution in [-0.2, 0) is 0 Å². The van der Waals surface area contributed by atoms with Gasteiger partial charge in [0.1, 0.15) is 0 Å². The first-order chi connectivity index (χ1) is 6.43. The molecule has 2 fully saturated rings. The zero-order valence-corrected chi connectivity index (χ0v) is 8.16. The number of nitrogens with one attached hydrogen (secondary N) is 1. The Kier molecular flexibility index (Phi) is 2.20. The molecule has 1 saturated carbocycles. The fourth-order valence-electron chi connectivity index (χ4n) is 2.87. The van der Waals surface area contributed by atoms with E-state index in [4.69, 9.17) is 7.85 Å². The summed E-state index contributed by atoms with van der Waals surface area (Å²) < 4.78 is 0. The fraction of sp³-hybridized carbons (Fsp3) is 1.00. The molecule has 1 saturated heterocycles. The molecule has 2 radical (unpaired) electrons. The number of aliphatic hydroxyl groups is 3. The van der Waals surface area contributed by atoms with Crippen LogP contribution in [0.5, 0.6) is 0 Å². The van der Waals surface area contributed by atoms with E-state index in [-0.39, 0.29) is 18.4 Å². The molecule has 2 aliphatic rings. The minimum absolute atomic E-state index is 0.00653. The maximum absolute atomic E-state index is 9.48. The summed E-state index contributed by atoms with van der Waals surface area (Å²) in [6.45, 7) is 0.00653. The second kappa shape index (κ2) is 2.95. The van der Waals surface area contributed by atoms with Crippen molar-refractivity contribution in [1.82, 2.24) is 5.32 Å². The van der Waals surface area contributed by atoms with E-state index in [2.05, 4.69) is 5.32 Å². The zero-order chi connectivity index (χ0) is 10.4. The average Bonchev–Trinajstić information content (AvgIpc) is 2.40. The van der Waals surface area contributed by atoms with Crippen molar-refractivity contribution < 1.29 is 15.3 Å². The van der Waals surface area contributed by atoms with Crippen LogP contribution in [0.25, 0.3) is 0 Å². The number of hydrogen-bond acceptors (Lipinski definition) is 4. The van der Waals surface area contributed by atoms with Gasteiger partial charge in [-0.25, -0.2) is 0 Å². The van der Waals surface area contributed by atoms with E-state index in [1.54, 1.807) is 0 Å². The summed E-state index contributed by atoms with van der Waals surface area (Å²) in [5, 5.41) is 31.0. The Morgan fingerprint density at radius 3 is 2.50 bits per heavy atom. The first-order valence-electron chi connectivity index (χ1n) is 5.07. The smallest absolute Gasteiger partial charge is 0.222 e. The van der Waals surface area contributed by atoms with Crippen LogP contribution in [0.15, 0.2) is 0 Å². The highest BCUT2D eigenvalue weighted by atomic mass is 16.5. The topological polar surface area (TPSA) is 72.7 Å². The number of aliphatic hydroxyl groups excluding tert-OH is 1. The van der Waals surface area contributed by atoms with E-state index in [1.165, 1.54) is 0 Å². The van der Waals surface area contributed by atoms with Gasteiger partial charge in [-0.15, -0.1) is 0 Å². The molecule has 0 aromatic heterocycles. The van der Waals surface area contributed by atoms with Crippen molar-refractivity contribution in [1.29, 1.82) is 0 Å². The normalized spacial score (nSPS) is 46.2. The number of rotatable bonds is 1. The second-order valence-electron chi connectivity index (χ2n) is 4.70. The summed E-state index contributed by atoms with van der Waals surface area (Å²) in [5.41, 5.74) is -1.20. The summed E-state index contributed by atoms with van der Waals surface area (Å²) in [7, 11) is 6.09. The van der Waals surface area contributed by atoms with E-state index in [0.29, 0.717) is 12.8 Å². The average molecular weight is 197 g/mol. The lowest BCUT2D eigenvalue weighted by molar-refractivity contribution is -0.231. The predicted octanol–water partition coefficient (Wildman–Crippen LogP) is -0.964. The Balaban J connectivity index is 2.27. The van der Waals surface area contributed by atoms with Crippen molar-refractivity contribution in [3.63, 3.8) is 0 Å². The lowest BCUT2D eigenvalue weighted by Crippen LogP contribution is -2.69. The van der Waals surface area contributed by atoms with Gasteiger partial charge in [0.05, 0.1) is 7.85 Å². The van der Waals surface area contributed by atoms with Crippen molar-refractivity contribution in [2.45, 2.75) is 43.5 Å². The van der Waals surface area contributed by atoms with Gasteiger partial charge in [-0.2, -0.15) is 0 Å². The molecule has 0 aromatic rings. The minimum atomic E-state index is -1.88. The standard InChI is InChI=1S/C9H16BNO3/c10-8-3-1-2-7(8,6-12)4-5-9(13,14)11-8/h11-14H,1-6H2. The Bertz CT molecular complexity index is 248. The fourth-order valence-corrected chi connectivity index (χ4v) is 2.87. The molecule has 78 valence electrons. The van der Waals surface area contributed by atoms with Gasteiger partial charge in [0.2, 0.25) is 5.91 Å². The minimum Gasteiger partial charge on any atom is -0.396 e. The van der Waals surface area contributed by atoms with Crippen LogP contribution in [0.2, 0.25) is 0 Å². The molecule has 1 aliphatic heterocycles. The van der Waals surface area contributed by atoms with Gasteiger partial charge in [-0.3, -0.25) is 5.32 Å². The van der Waals surface area contributed by atoms with Crippen molar-refractivity contribution in [2.75, 3.05) is 6.61 Å². The highest BCUT2D eigenvalue weighted by Crippen LogP contribution is 2.51. The molecule has 0 aromatic carbocycles. The third-order valence-electron chi connectivity index (χ3n) is 3.85. The van der Waals surface area contributed by atoms with Gasteiger partial charge < -0.3 is 15.3 Å². The molecule has 2 rings (SSSR count). The number of fused-ring (bicyclic) bond motifs is 1. The molecule has 14 heavy (non-hydrogen) atoms. The monoisotopic (exact) mass is 197 g/mol. The van der Waals surface area contributed by atoms with Gasteiger partial charge in [0, 0.05) is 18.4 Å². The Hall–Kier alpha value is -0.0951. The second-order valence-corrected chi connectivity index (χ2v) is 4.70. The molecule has 5 heteroatoms. The predicted molar refractivity (Wildman–Crippen MR) is 51.4 cm³/mol. The van der Waals surface area contributed by atoms with E-state index in [0.717, 1.165) is 12.8 Å². The molecule has 2 unspecified atom stereocenters. The van der Waals surface area contributed by atoms with E-state index >= 15 is 0 Å². The Morgan fingerprint density at radius 1 is 1.14 bits per heavy atom. The van der Waals surface area contributed by atoms with Crippen LogP contribution in [0, 0.1) is 5.41 Å². The van der Waals surface area contributed by atoms with E-state index < -0.39 is 11.3 Å². The van der Waals surface area contributed by atoms with Crippen LogP contribution in [0.3, 0.4) is 0 Å². The molecule has 4 N–H and O–H groups in total. The van der Waals surface area contributed by atoms with Gasteiger partial charge >= 0.3 is 0 Å². The lowest BCUT2D eigenvalue weighted by atomic mass is 9.56. The first-order valence-corrected chi connectivity index (χ1v) is 5.07. The van der Waals surface area contributed by atoms with E-state index in [9.17, 15) is 15.3 Å². The van der Waals surface area contributed by atoms with Gasteiger partial charge in [0.25, 0.3) is 0 Å². The van der Waals surface area contributed by atoms with Crippen LogP contribution in [-0.4, -0.2) is 41.1 Å². The van der Waals surface area contributed by atoms with E-state index in [1.807, 2.05) is 0 Å². The molecule has 1 heterocycles. The largest absolute Gasteiger partial charge is 0.396 e. The molecule has 0 amide bonds. The first kappa shape index (κ1) is 10.4. The SMILES string of the molecule is [B]C12CCCC1(CO)CCC(O)(O)N2. The quantitative estimate of drug-likeness (QED) is 0.322. The summed E-state index contributed by atoms with van der Waals surface area (Å²) >= 11 is 0. The molecule has 4 nitrogen and oxygen atoms in total. The summed E-state index contributed by atoms with van der Waals surface area (Å²) in [5.74, 6) is -1.88. The number of piperidine rings is 1. The zero-order valence-electron chi connectivity index (χ0n) is 8.16. The Morgan fingerprint density at radius 2 is 1.86 bits per heavy atom. The van der Waals surface area contributed by atoms with Crippen LogP contribution in [0.4, 0.5) is 0 Å². The molecule has 1 aliphatic carbocycles. The van der Waals surface area contributed by atoms with Crippen molar-refractivity contribution in [2.24, 2.45) is 5.41 Å². The Labute approximate surface area is 84.7 Å². The summed E-state index contributed by atoms with van der Waals surface area (Å²) in [4.78, 5) is 0. The third kappa shape index (κ3) is 1.31. The van der Waals surface area contributed by atoms with Crippen molar-refractivity contribution in [3.05, 3.63) is 0 Å². The molecule has 0 spiro atoms. The van der Waals surface area contributed by atoms with Crippen LogP contribution < -0.4 is 5.32 Å². The van der Waals surface area contributed by atoms with Crippen LogP contribution in [0.1, 0.15) is 32.1 Å². The van der Waals surface area contributed by atoms with Crippen molar-refractivity contribution >= 4 is 7.85 Å². The lowest BCUT2D eigenvalue weighted by Gasteiger charge is -2.52. The van der Waals surface area contributed by atoms with Gasteiger partial charge in [-0.05, 0) is 24.7 Å². The summed E-state index contributed by atoms with van der Waals surface area (Å²) in [6, 6.07) is 0. The highest BCUT2D eigenvalue weighted by Gasteiger charge is 2.56. The molecular formula is C9H16BNO3. The number of hydrogen-bond donors (Lipinski definition) is 4. The molecule has 0 bridgehead atoms. The highest BCUT2D eigenvalue weighted by molar-refractivity contribution is 6.16. The molecule has 2 atom stereocenters. The van der Waals surface area contributed by atoms with Gasteiger partial charge in [0.15, 0.2) is 0 Å². The molecular weight excluding hydrogens is 181 g/mol. The van der Waals surface area contributed by atoms with Crippen molar-refractivity contribution in [3.8, 4) is 0 Å². The van der Waals surface area contributed by atoms with Crippen LogP contribution >= 0.6 is 0 Å². The third-order valence-corrected chi connectivity index (χ3v) is 3.85. The maximum atomic E-state index is 9.48.